The van der Waals surface area contributed by atoms with Crippen molar-refractivity contribution < 1.29 is 0 Å². The van der Waals surface area contributed by atoms with Crippen molar-refractivity contribution in [3.63, 3.8) is 0 Å². The summed E-state index contributed by atoms with van der Waals surface area (Å²) in [6.07, 6.45) is 8.07. The van der Waals surface area contributed by atoms with Crippen LogP contribution in [0.15, 0.2) is 11.1 Å². The van der Waals surface area contributed by atoms with Crippen molar-refractivity contribution in [1.29, 1.82) is 0 Å². The van der Waals surface area contributed by atoms with Crippen molar-refractivity contribution in [2.24, 2.45) is 13.0 Å². The van der Waals surface area contributed by atoms with Gasteiger partial charge in [-0.15, -0.1) is 0 Å². The molecule has 0 amide bonds. The first-order valence-corrected chi connectivity index (χ1v) is 5.36. The lowest BCUT2D eigenvalue weighted by Gasteiger charge is -2.20. The molecule has 14 heavy (non-hydrogen) atoms. The van der Waals surface area contributed by atoms with Crippen LogP contribution in [0.25, 0.3) is 0 Å². The smallest absolute Gasteiger partial charge is 0.285 e. The molecule has 0 atom stereocenters. The van der Waals surface area contributed by atoms with Crippen molar-refractivity contribution in [2.45, 2.75) is 38.6 Å². The van der Waals surface area contributed by atoms with Gasteiger partial charge < -0.3 is 0 Å². The fraction of sp³-hybridized carbons (Fsp3) is 0.800. The van der Waals surface area contributed by atoms with E-state index in [9.17, 15) is 4.79 Å². The molecule has 1 aliphatic carbocycles. The van der Waals surface area contributed by atoms with E-state index >= 15 is 0 Å². The highest BCUT2D eigenvalue weighted by molar-refractivity contribution is 4.70. The van der Waals surface area contributed by atoms with Crippen LogP contribution in [0.2, 0.25) is 0 Å². The molecule has 0 unspecified atom stereocenters. The maximum Gasteiger partial charge on any atom is 0.345 e. The van der Waals surface area contributed by atoms with Gasteiger partial charge in [0.05, 0.1) is 0 Å². The average Bonchev–Trinajstić information content (AvgIpc) is 2.52. The number of rotatable bonds is 2. The van der Waals surface area contributed by atoms with Crippen LogP contribution in [0.4, 0.5) is 0 Å². The number of aryl methyl sites for hydroxylation is 1. The Hall–Kier alpha value is -1.06. The summed E-state index contributed by atoms with van der Waals surface area (Å²) in [7, 11) is 1.74. The SMILES string of the molecule is Cn1cnn(CC2CCCCC2)c1=O. The molecule has 0 aliphatic heterocycles. The highest BCUT2D eigenvalue weighted by Crippen LogP contribution is 2.24. The quantitative estimate of drug-likeness (QED) is 0.710. The van der Waals surface area contributed by atoms with E-state index in [1.165, 1.54) is 36.7 Å². The normalized spacial score (nSPS) is 18.6. The van der Waals surface area contributed by atoms with E-state index in [0.717, 1.165) is 6.54 Å². The van der Waals surface area contributed by atoms with Crippen molar-refractivity contribution in [1.82, 2.24) is 14.3 Å². The van der Waals surface area contributed by atoms with Gasteiger partial charge in [0.15, 0.2) is 0 Å². The maximum absolute atomic E-state index is 11.5. The minimum Gasteiger partial charge on any atom is -0.285 e. The van der Waals surface area contributed by atoms with E-state index in [4.69, 9.17) is 0 Å². The highest BCUT2D eigenvalue weighted by atomic mass is 16.2. The predicted molar refractivity (Wildman–Crippen MR) is 54.0 cm³/mol. The van der Waals surface area contributed by atoms with E-state index in [-0.39, 0.29) is 5.69 Å². The summed E-state index contributed by atoms with van der Waals surface area (Å²) in [4.78, 5) is 11.5. The molecule has 0 saturated heterocycles. The second-order valence-electron chi connectivity index (χ2n) is 4.21. The lowest BCUT2D eigenvalue weighted by Crippen LogP contribution is -2.27. The third-order valence-corrected chi connectivity index (χ3v) is 3.04. The largest absolute Gasteiger partial charge is 0.345 e. The summed E-state index contributed by atoms with van der Waals surface area (Å²) in [5.74, 6) is 0.663. The Labute approximate surface area is 83.5 Å². The van der Waals surface area contributed by atoms with Gasteiger partial charge >= 0.3 is 5.69 Å². The van der Waals surface area contributed by atoms with Crippen molar-refractivity contribution >= 4 is 0 Å². The van der Waals surface area contributed by atoms with Crippen molar-refractivity contribution in [3.8, 4) is 0 Å². The number of aromatic nitrogens is 3. The maximum atomic E-state index is 11.5. The first-order valence-electron chi connectivity index (χ1n) is 5.36. The first-order chi connectivity index (χ1) is 6.77. The molecular formula is C10H17N3O. The zero-order chi connectivity index (χ0) is 9.97. The zero-order valence-corrected chi connectivity index (χ0v) is 8.65. The van der Waals surface area contributed by atoms with Crippen LogP contribution in [0.1, 0.15) is 32.1 Å². The van der Waals surface area contributed by atoms with E-state index < -0.39 is 0 Å². The molecule has 0 bridgehead atoms. The molecule has 4 heteroatoms. The summed E-state index contributed by atoms with van der Waals surface area (Å²) in [6, 6.07) is 0. The molecule has 0 N–H and O–H groups in total. The monoisotopic (exact) mass is 195 g/mol. The Bertz CT molecular complexity index is 346. The minimum atomic E-state index is 0.00979. The van der Waals surface area contributed by atoms with Gasteiger partial charge in [0, 0.05) is 13.6 Å². The molecule has 1 heterocycles. The second-order valence-corrected chi connectivity index (χ2v) is 4.21. The minimum absolute atomic E-state index is 0.00979. The van der Waals surface area contributed by atoms with E-state index in [1.54, 1.807) is 18.1 Å². The molecule has 0 aromatic carbocycles. The van der Waals surface area contributed by atoms with Crippen LogP contribution < -0.4 is 5.69 Å². The zero-order valence-electron chi connectivity index (χ0n) is 8.65. The summed E-state index contributed by atoms with van der Waals surface area (Å²) < 4.78 is 3.12. The van der Waals surface area contributed by atoms with E-state index in [0.29, 0.717) is 5.92 Å². The van der Waals surface area contributed by atoms with Gasteiger partial charge in [0.2, 0.25) is 0 Å². The second kappa shape index (κ2) is 3.98. The van der Waals surface area contributed by atoms with Gasteiger partial charge in [0.25, 0.3) is 0 Å². The van der Waals surface area contributed by atoms with Crippen LogP contribution in [0.5, 0.6) is 0 Å². The molecule has 78 valence electrons. The van der Waals surface area contributed by atoms with E-state index in [1.807, 2.05) is 0 Å². The third-order valence-electron chi connectivity index (χ3n) is 3.04. The van der Waals surface area contributed by atoms with Crippen LogP contribution in [-0.4, -0.2) is 14.3 Å². The van der Waals surface area contributed by atoms with E-state index in [2.05, 4.69) is 5.10 Å². The Morgan fingerprint density at radius 3 is 2.71 bits per heavy atom. The van der Waals surface area contributed by atoms with Gasteiger partial charge in [-0.2, -0.15) is 5.10 Å². The summed E-state index contributed by atoms with van der Waals surface area (Å²) >= 11 is 0. The highest BCUT2D eigenvalue weighted by Gasteiger charge is 2.15. The topological polar surface area (TPSA) is 39.8 Å². The molecule has 0 spiro atoms. The Kier molecular flexibility index (Phi) is 2.70. The summed E-state index contributed by atoms with van der Waals surface area (Å²) in [5.41, 5.74) is 0.00979. The van der Waals surface area contributed by atoms with Gasteiger partial charge in [-0.1, -0.05) is 19.3 Å². The fourth-order valence-electron chi connectivity index (χ4n) is 2.16. The number of hydrogen-bond donors (Lipinski definition) is 0. The Morgan fingerprint density at radius 1 is 1.43 bits per heavy atom. The predicted octanol–water partition coefficient (Wildman–Crippen LogP) is 1.16. The lowest BCUT2D eigenvalue weighted by molar-refractivity contribution is 0.304. The third kappa shape index (κ3) is 1.89. The summed E-state index contributed by atoms with van der Waals surface area (Å²) in [5, 5.41) is 4.08. The molecule has 0 radical (unpaired) electrons. The lowest BCUT2D eigenvalue weighted by atomic mass is 9.89. The van der Waals surface area contributed by atoms with Crippen LogP contribution in [0, 0.1) is 5.92 Å². The molecule has 1 aliphatic rings. The van der Waals surface area contributed by atoms with Crippen LogP contribution in [-0.2, 0) is 13.6 Å². The molecule has 1 saturated carbocycles. The molecular weight excluding hydrogens is 178 g/mol. The number of hydrogen-bond acceptors (Lipinski definition) is 2. The standard InChI is InChI=1S/C10H17N3O/c1-12-8-11-13(10(12)14)7-9-5-3-2-4-6-9/h8-9H,2-7H2,1H3. The van der Waals surface area contributed by atoms with Gasteiger partial charge in [-0.05, 0) is 18.8 Å². The van der Waals surface area contributed by atoms with Crippen LogP contribution >= 0.6 is 0 Å². The molecule has 4 nitrogen and oxygen atoms in total. The molecule has 1 aromatic rings. The molecule has 1 fully saturated rings. The average molecular weight is 195 g/mol. The number of nitrogens with zero attached hydrogens (tertiary/aromatic N) is 3. The fourth-order valence-corrected chi connectivity index (χ4v) is 2.16. The Balaban J connectivity index is 2.02. The van der Waals surface area contributed by atoms with Gasteiger partial charge in [-0.3, -0.25) is 4.57 Å². The molecule has 2 rings (SSSR count). The first kappa shape index (κ1) is 9.49. The van der Waals surface area contributed by atoms with Crippen molar-refractivity contribution in [3.05, 3.63) is 16.8 Å². The van der Waals surface area contributed by atoms with Gasteiger partial charge in [-0.25, -0.2) is 9.48 Å². The summed E-state index contributed by atoms with van der Waals surface area (Å²) in [6.45, 7) is 0.805. The van der Waals surface area contributed by atoms with Crippen molar-refractivity contribution in [2.75, 3.05) is 0 Å². The van der Waals surface area contributed by atoms with Gasteiger partial charge in [0.1, 0.15) is 6.33 Å². The Morgan fingerprint density at radius 2 is 2.14 bits per heavy atom. The molecule has 1 aromatic heterocycles. The van der Waals surface area contributed by atoms with Crippen LogP contribution in [0.3, 0.4) is 0 Å².